The van der Waals surface area contributed by atoms with Crippen LogP contribution in [0.3, 0.4) is 0 Å². The van der Waals surface area contributed by atoms with Gasteiger partial charge in [0.05, 0.1) is 24.8 Å². The van der Waals surface area contributed by atoms with E-state index in [0.717, 1.165) is 25.7 Å². The fourth-order valence-electron chi connectivity index (χ4n) is 2.81. The Labute approximate surface area is 107 Å². The number of rotatable bonds is 4. The highest BCUT2D eigenvalue weighted by molar-refractivity contribution is 5.46. The average Bonchev–Trinajstić information content (AvgIpc) is 2.90. The Morgan fingerprint density at radius 1 is 1.33 bits per heavy atom. The highest BCUT2D eigenvalue weighted by Crippen LogP contribution is 2.38. The fourth-order valence-corrected chi connectivity index (χ4v) is 2.81. The molecular formula is C14H21NO3. The third-order valence-electron chi connectivity index (χ3n) is 3.85. The molecule has 1 aliphatic carbocycles. The number of aliphatic hydroxyl groups excluding tert-OH is 1. The van der Waals surface area contributed by atoms with E-state index in [1.54, 1.807) is 18.2 Å². The van der Waals surface area contributed by atoms with Crippen LogP contribution < -0.4 is 10.5 Å². The predicted octanol–water partition coefficient (Wildman–Crippen LogP) is 1.95. The topological polar surface area (TPSA) is 75.7 Å². The summed E-state index contributed by atoms with van der Waals surface area (Å²) in [4.78, 5) is 0. The number of phenols is 1. The minimum Gasteiger partial charge on any atom is -0.507 e. The van der Waals surface area contributed by atoms with Crippen molar-refractivity contribution < 1.29 is 14.9 Å². The lowest BCUT2D eigenvalue weighted by molar-refractivity contribution is 0.0827. The lowest BCUT2D eigenvalue weighted by Gasteiger charge is -2.26. The van der Waals surface area contributed by atoms with E-state index in [1.807, 2.05) is 0 Å². The molecule has 4 N–H and O–H groups in total. The van der Waals surface area contributed by atoms with Gasteiger partial charge >= 0.3 is 0 Å². The normalized spacial score (nSPS) is 19.7. The SMILES string of the molecule is COc1cccc(O)c1[C@H](N)[C@H](O)C1CCCC1. The predicted molar refractivity (Wildman–Crippen MR) is 69.6 cm³/mol. The van der Waals surface area contributed by atoms with Crippen molar-refractivity contribution in [3.63, 3.8) is 0 Å². The fraction of sp³-hybridized carbons (Fsp3) is 0.571. The molecule has 100 valence electrons. The van der Waals surface area contributed by atoms with Crippen molar-refractivity contribution in [2.24, 2.45) is 11.7 Å². The van der Waals surface area contributed by atoms with Gasteiger partial charge in [0.15, 0.2) is 0 Å². The number of benzene rings is 1. The van der Waals surface area contributed by atoms with Crippen molar-refractivity contribution in [3.8, 4) is 11.5 Å². The van der Waals surface area contributed by atoms with E-state index in [2.05, 4.69) is 0 Å². The molecule has 0 aliphatic heterocycles. The van der Waals surface area contributed by atoms with Crippen LogP contribution in [-0.4, -0.2) is 23.4 Å². The lowest BCUT2D eigenvalue weighted by Crippen LogP contribution is -2.32. The monoisotopic (exact) mass is 251 g/mol. The molecule has 1 saturated carbocycles. The Morgan fingerprint density at radius 3 is 2.61 bits per heavy atom. The van der Waals surface area contributed by atoms with Crippen LogP contribution in [-0.2, 0) is 0 Å². The summed E-state index contributed by atoms with van der Waals surface area (Å²) < 4.78 is 5.21. The molecule has 2 rings (SSSR count). The van der Waals surface area contributed by atoms with Gasteiger partial charge in [-0.2, -0.15) is 0 Å². The molecule has 0 heterocycles. The first-order chi connectivity index (χ1) is 8.65. The van der Waals surface area contributed by atoms with Gasteiger partial charge in [-0.1, -0.05) is 18.9 Å². The third-order valence-corrected chi connectivity index (χ3v) is 3.85. The number of phenolic OH excluding ortho intramolecular Hbond substituents is 1. The van der Waals surface area contributed by atoms with Gasteiger partial charge in [-0.15, -0.1) is 0 Å². The summed E-state index contributed by atoms with van der Waals surface area (Å²) in [6.07, 6.45) is 3.67. The Morgan fingerprint density at radius 2 is 2.00 bits per heavy atom. The van der Waals surface area contributed by atoms with Gasteiger partial charge in [-0.3, -0.25) is 0 Å². The number of ether oxygens (including phenoxy) is 1. The van der Waals surface area contributed by atoms with Crippen LogP contribution in [0.25, 0.3) is 0 Å². The number of aromatic hydroxyl groups is 1. The van der Waals surface area contributed by atoms with Gasteiger partial charge in [0.2, 0.25) is 0 Å². The van der Waals surface area contributed by atoms with Gasteiger partial charge in [0.25, 0.3) is 0 Å². The van der Waals surface area contributed by atoms with Gasteiger partial charge in [0, 0.05) is 0 Å². The maximum absolute atomic E-state index is 10.3. The van der Waals surface area contributed by atoms with Crippen molar-refractivity contribution in [1.82, 2.24) is 0 Å². The molecule has 0 spiro atoms. The second-order valence-electron chi connectivity index (χ2n) is 4.95. The molecule has 0 saturated heterocycles. The minimum absolute atomic E-state index is 0.0823. The molecular weight excluding hydrogens is 230 g/mol. The van der Waals surface area contributed by atoms with Crippen LogP contribution in [0.5, 0.6) is 11.5 Å². The highest BCUT2D eigenvalue weighted by Gasteiger charge is 2.31. The molecule has 4 nitrogen and oxygen atoms in total. The van der Waals surface area contributed by atoms with E-state index < -0.39 is 12.1 Å². The summed E-state index contributed by atoms with van der Waals surface area (Å²) in [5.41, 5.74) is 6.60. The molecule has 0 unspecified atom stereocenters. The molecule has 0 amide bonds. The first-order valence-electron chi connectivity index (χ1n) is 6.44. The summed E-state index contributed by atoms with van der Waals surface area (Å²) >= 11 is 0. The molecule has 0 radical (unpaired) electrons. The first kappa shape index (κ1) is 13.2. The van der Waals surface area contributed by atoms with E-state index >= 15 is 0 Å². The number of nitrogens with two attached hydrogens (primary N) is 1. The second-order valence-corrected chi connectivity index (χ2v) is 4.95. The Hall–Kier alpha value is -1.26. The zero-order valence-electron chi connectivity index (χ0n) is 10.7. The molecule has 1 aromatic carbocycles. The van der Waals surface area contributed by atoms with Crippen LogP contribution in [0.1, 0.15) is 37.3 Å². The number of hydrogen-bond acceptors (Lipinski definition) is 4. The van der Waals surface area contributed by atoms with Gasteiger partial charge < -0.3 is 20.7 Å². The standard InChI is InChI=1S/C14H21NO3/c1-18-11-8-4-7-10(16)12(11)13(15)14(17)9-5-2-3-6-9/h4,7-9,13-14,16-17H,2-3,5-6,15H2,1H3/t13-,14+/m0/s1. The van der Waals surface area contributed by atoms with Gasteiger partial charge in [-0.05, 0) is 30.9 Å². The lowest BCUT2D eigenvalue weighted by atomic mass is 9.90. The minimum atomic E-state index is -0.630. The molecule has 18 heavy (non-hydrogen) atoms. The molecule has 2 atom stereocenters. The van der Waals surface area contributed by atoms with Crippen LogP contribution in [0, 0.1) is 5.92 Å². The summed E-state index contributed by atoms with van der Waals surface area (Å²) in [5, 5.41) is 20.2. The van der Waals surface area contributed by atoms with E-state index in [0.29, 0.717) is 11.3 Å². The van der Waals surface area contributed by atoms with Crippen molar-refractivity contribution in [2.75, 3.05) is 7.11 Å². The molecule has 0 aromatic heterocycles. The molecule has 4 heteroatoms. The number of hydrogen-bond donors (Lipinski definition) is 3. The average molecular weight is 251 g/mol. The van der Waals surface area contributed by atoms with Crippen molar-refractivity contribution in [3.05, 3.63) is 23.8 Å². The summed E-state index contributed by atoms with van der Waals surface area (Å²) in [6, 6.07) is 4.41. The van der Waals surface area contributed by atoms with E-state index in [1.165, 1.54) is 7.11 Å². The molecule has 1 aliphatic rings. The first-order valence-corrected chi connectivity index (χ1v) is 6.44. The Kier molecular flexibility index (Phi) is 4.09. The number of aliphatic hydroxyl groups is 1. The largest absolute Gasteiger partial charge is 0.507 e. The Bertz CT molecular complexity index is 402. The zero-order valence-corrected chi connectivity index (χ0v) is 10.7. The maximum Gasteiger partial charge on any atom is 0.127 e. The quantitative estimate of drug-likeness (QED) is 0.764. The summed E-state index contributed by atoms with van der Waals surface area (Å²) in [6.45, 7) is 0. The van der Waals surface area contributed by atoms with Gasteiger partial charge in [-0.25, -0.2) is 0 Å². The van der Waals surface area contributed by atoms with Crippen molar-refractivity contribution in [1.29, 1.82) is 0 Å². The highest BCUT2D eigenvalue weighted by atomic mass is 16.5. The van der Waals surface area contributed by atoms with Crippen molar-refractivity contribution in [2.45, 2.75) is 37.8 Å². The van der Waals surface area contributed by atoms with E-state index in [9.17, 15) is 10.2 Å². The summed E-state index contributed by atoms with van der Waals surface area (Å²) in [7, 11) is 1.53. The van der Waals surface area contributed by atoms with Crippen LogP contribution in [0.4, 0.5) is 0 Å². The Balaban J connectivity index is 2.24. The molecule has 1 fully saturated rings. The smallest absolute Gasteiger partial charge is 0.127 e. The zero-order chi connectivity index (χ0) is 13.1. The second kappa shape index (κ2) is 5.59. The van der Waals surface area contributed by atoms with E-state index in [4.69, 9.17) is 10.5 Å². The third kappa shape index (κ3) is 2.44. The van der Waals surface area contributed by atoms with E-state index in [-0.39, 0.29) is 11.7 Å². The maximum atomic E-state index is 10.3. The van der Waals surface area contributed by atoms with Gasteiger partial charge in [0.1, 0.15) is 11.5 Å². The van der Waals surface area contributed by atoms with Crippen molar-refractivity contribution >= 4 is 0 Å². The van der Waals surface area contributed by atoms with Crippen LogP contribution >= 0.6 is 0 Å². The number of methoxy groups -OCH3 is 1. The van der Waals surface area contributed by atoms with Crippen LogP contribution in [0.15, 0.2) is 18.2 Å². The molecule has 0 bridgehead atoms. The molecule has 1 aromatic rings. The summed E-state index contributed by atoms with van der Waals surface area (Å²) in [5.74, 6) is 0.836. The van der Waals surface area contributed by atoms with Crippen LogP contribution in [0.2, 0.25) is 0 Å².